The van der Waals surface area contributed by atoms with Crippen molar-refractivity contribution in [1.82, 2.24) is 0 Å². The van der Waals surface area contributed by atoms with Gasteiger partial charge in [-0.2, -0.15) is 0 Å². The summed E-state index contributed by atoms with van der Waals surface area (Å²) in [5.41, 5.74) is 5.16. The van der Waals surface area contributed by atoms with E-state index in [0.717, 1.165) is 5.56 Å². The fourth-order valence-electron chi connectivity index (χ4n) is 1.10. The van der Waals surface area contributed by atoms with Crippen molar-refractivity contribution >= 4 is 28.3 Å². The topological polar surface area (TPSA) is 81.4 Å². The van der Waals surface area contributed by atoms with Gasteiger partial charge < -0.3 is 10.5 Å². The van der Waals surface area contributed by atoms with Crippen LogP contribution in [-0.4, -0.2) is 17.6 Å². The number of carbonyl (C=O) groups is 2. The summed E-state index contributed by atoms with van der Waals surface area (Å²) in [7, 11) is 0. The molecule has 19 heavy (non-hydrogen) atoms. The fourth-order valence-corrected chi connectivity index (χ4v) is 1.82. The van der Waals surface area contributed by atoms with Gasteiger partial charge in [0.2, 0.25) is 5.91 Å². The molecule has 0 aliphatic carbocycles. The molecule has 0 saturated heterocycles. The summed E-state index contributed by atoms with van der Waals surface area (Å²) in [5, 5.41) is 5.03. The Balaban J connectivity index is 2.57. The van der Waals surface area contributed by atoms with Gasteiger partial charge in [-0.3, -0.25) is 10.1 Å². The lowest BCUT2D eigenvalue weighted by Gasteiger charge is -2.19. The van der Waals surface area contributed by atoms with Crippen molar-refractivity contribution < 1.29 is 14.3 Å². The monoisotopic (exact) mass is 280 g/mol. The zero-order valence-electron chi connectivity index (χ0n) is 11.1. The van der Waals surface area contributed by atoms with Gasteiger partial charge in [0.1, 0.15) is 5.60 Å². The van der Waals surface area contributed by atoms with E-state index in [1.54, 1.807) is 32.2 Å². The van der Waals surface area contributed by atoms with E-state index < -0.39 is 17.6 Å². The summed E-state index contributed by atoms with van der Waals surface area (Å²) >= 11 is 1.33. The average molecular weight is 280 g/mol. The lowest BCUT2D eigenvalue weighted by molar-refractivity contribution is -0.117. The molecule has 0 aliphatic heterocycles. The molecule has 0 unspecified atom stereocenters. The molecule has 0 saturated carbocycles. The SMILES string of the molecule is CC(C)(C)OC(=O)Nc1cc(C#CCC(N)=O)cs1. The minimum absolute atomic E-state index is 0.0185. The second-order valence-electron chi connectivity index (χ2n) is 4.77. The molecule has 102 valence electrons. The Kier molecular flexibility index (Phi) is 4.95. The molecular formula is C13H16N2O3S. The molecule has 1 aromatic rings. The molecule has 3 N–H and O–H groups in total. The number of thiophene rings is 1. The Bertz CT molecular complexity index is 532. The highest BCUT2D eigenvalue weighted by Crippen LogP contribution is 2.20. The smallest absolute Gasteiger partial charge is 0.412 e. The number of rotatable bonds is 2. The van der Waals surface area contributed by atoms with Crippen molar-refractivity contribution in [3.63, 3.8) is 0 Å². The van der Waals surface area contributed by atoms with Crippen molar-refractivity contribution in [2.24, 2.45) is 5.73 Å². The lowest BCUT2D eigenvalue weighted by atomic mass is 10.2. The number of hydrogen-bond donors (Lipinski definition) is 2. The average Bonchev–Trinajstić information content (AvgIpc) is 2.61. The summed E-state index contributed by atoms with van der Waals surface area (Å²) in [5.74, 6) is 4.97. The first-order chi connectivity index (χ1) is 8.76. The van der Waals surface area contributed by atoms with Crippen LogP contribution in [0.15, 0.2) is 11.4 Å². The van der Waals surface area contributed by atoms with E-state index in [1.165, 1.54) is 11.3 Å². The van der Waals surface area contributed by atoms with Crippen LogP contribution in [-0.2, 0) is 9.53 Å². The van der Waals surface area contributed by atoms with Gasteiger partial charge in [-0.05, 0) is 26.8 Å². The van der Waals surface area contributed by atoms with Crippen molar-refractivity contribution in [2.75, 3.05) is 5.32 Å². The molecule has 1 aromatic heterocycles. The molecule has 0 radical (unpaired) electrons. The first-order valence-corrected chi connectivity index (χ1v) is 6.50. The Morgan fingerprint density at radius 2 is 2.16 bits per heavy atom. The maximum absolute atomic E-state index is 11.5. The fraction of sp³-hybridized carbons (Fsp3) is 0.385. The number of carbonyl (C=O) groups excluding carboxylic acids is 2. The Morgan fingerprint density at radius 3 is 2.74 bits per heavy atom. The van der Waals surface area contributed by atoms with E-state index in [2.05, 4.69) is 17.2 Å². The Labute approximate surface area is 116 Å². The number of primary amides is 1. The highest BCUT2D eigenvalue weighted by molar-refractivity contribution is 7.14. The first kappa shape index (κ1) is 15.1. The zero-order chi connectivity index (χ0) is 14.5. The molecule has 1 heterocycles. The van der Waals surface area contributed by atoms with Crippen LogP contribution < -0.4 is 11.1 Å². The van der Waals surface area contributed by atoms with Gasteiger partial charge in [0, 0.05) is 10.9 Å². The summed E-state index contributed by atoms with van der Waals surface area (Å²) in [4.78, 5) is 22.0. The highest BCUT2D eigenvalue weighted by Gasteiger charge is 2.16. The van der Waals surface area contributed by atoms with Crippen LogP contribution in [0, 0.1) is 11.8 Å². The summed E-state index contributed by atoms with van der Waals surface area (Å²) in [6.45, 7) is 5.38. The number of hydrogen-bond acceptors (Lipinski definition) is 4. The van der Waals surface area contributed by atoms with Crippen molar-refractivity contribution in [3.8, 4) is 11.8 Å². The van der Waals surface area contributed by atoms with Gasteiger partial charge in [0.15, 0.2) is 0 Å². The highest BCUT2D eigenvalue weighted by atomic mass is 32.1. The van der Waals surface area contributed by atoms with Gasteiger partial charge in [-0.1, -0.05) is 11.8 Å². The van der Waals surface area contributed by atoms with Crippen molar-refractivity contribution in [2.45, 2.75) is 32.8 Å². The maximum Gasteiger partial charge on any atom is 0.412 e. The third-order valence-corrected chi connectivity index (χ3v) is 2.56. The number of ether oxygens (including phenoxy) is 1. The van der Waals surface area contributed by atoms with Gasteiger partial charge in [-0.15, -0.1) is 11.3 Å². The molecule has 0 bridgehead atoms. The summed E-state index contributed by atoms with van der Waals surface area (Å²) in [6.07, 6.45) is -0.490. The molecular weight excluding hydrogens is 264 g/mol. The molecule has 0 spiro atoms. The second kappa shape index (κ2) is 6.25. The second-order valence-corrected chi connectivity index (χ2v) is 5.68. The maximum atomic E-state index is 11.5. The standard InChI is InChI=1S/C13H16N2O3S/c1-13(2,3)18-12(17)15-11-7-9(8-19-11)5-4-6-10(14)16/h7-8H,6H2,1-3H3,(H2,14,16)(H,15,17). The molecule has 0 aliphatic rings. The van der Waals surface area contributed by atoms with E-state index >= 15 is 0 Å². The van der Waals surface area contributed by atoms with Crippen LogP contribution in [0.3, 0.4) is 0 Å². The van der Waals surface area contributed by atoms with Gasteiger partial charge in [0.25, 0.3) is 0 Å². The Morgan fingerprint density at radius 1 is 1.47 bits per heavy atom. The van der Waals surface area contributed by atoms with Gasteiger partial charge >= 0.3 is 6.09 Å². The predicted octanol–water partition coefficient (Wildman–Crippen LogP) is 2.32. The van der Waals surface area contributed by atoms with Crippen LogP contribution >= 0.6 is 11.3 Å². The van der Waals surface area contributed by atoms with Crippen LogP contribution in [0.2, 0.25) is 0 Å². The molecule has 0 aromatic carbocycles. The van der Waals surface area contributed by atoms with E-state index in [-0.39, 0.29) is 6.42 Å². The van der Waals surface area contributed by atoms with Gasteiger partial charge in [0.05, 0.1) is 11.4 Å². The van der Waals surface area contributed by atoms with Crippen LogP contribution in [0.4, 0.5) is 9.80 Å². The van der Waals surface area contributed by atoms with Crippen LogP contribution in [0.1, 0.15) is 32.8 Å². The Hall–Kier alpha value is -2.00. The molecule has 0 fully saturated rings. The lowest BCUT2D eigenvalue weighted by Crippen LogP contribution is -2.26. The zero-order valence-corrected chi connectivity index (χ0v) is 11.9. The van der Waals surface area contributed by atoms with Crippen LogP contribution in [0.25, 0.3) is 0 Å². The number of nitrogens with one attached hydrogen (secondary N) is 1. The van der Waals surface area contributed by atoms with Crippen molar-refractivity contribution in [1.29, 1.82) is 0 Å². The molecule has 1 rings (SSSR count). The third kappa shape index (κ3) is 6.48. The van der Waals surface area contributed by atoms with E-state index in [4.69, 9.17) is 10.5 Å². The molecule has 2 amide bonds. The van der Waals surface area contributed by atoms with Gasteiger partial charge in [-0.25, -0.2) is 4.79 Å². The van der Waals surface area contributed by atoms with Crippen molar-refractivity contribution in [3.05, 3.63) is 17.0 Å². The quantitative estimate of drug-likeness (QED) is 0.816. The largest absolute Gasteiger partial charge is 0.444 e. The normalized spacial score (nSPS) is 10.3. The molecule has 5 nitrogen and oxygen atoms in total. The minimum atomic E-state index is -0.536. The van der Waals surface area contributed by atoms with Crippen LogP contribution in [0.5, 0.6) is 0 Å². The number of amides is 2. The van der Waals surface area contributed by atoms with E-state index in [9.17, 15) is 9.59 Å². The summed E-state index contributed by atoms with van der Waals surface area (Å²) < 4.78 is 5.12. The minimum Gasteiger partial charge on any atom is -0.444 e. The third-order valence-electron chi connectivity index (χ3n) is 1.72. The molecule has 6 heteroatoms. The first-order valence-electron chi connectivity index (χ1n) is 5.62. The predicted molar refractivity (Wildman–Crippen MR) is 74.9 cm³/mol. The van der Waals surface area contributed by atoms with E-state index in [0.29, 0.717) is 5.00 Å². The molecule has 0 atom stereocenters. The number of nitrogens with two attached hydrogens (primary N) is 1. The van der Waals surface area contributed by atoms with E-state index in [1.807, 2.05) is 0 Å². The summed E-state index contributed by atoms with van der Waals surface area (Å²) in [6, 6.07) is 1.71. The number of anilines is 1.